The molecule has 0 saturated heterocycles. The molecule has 1 heteroatoms. The van der Waals surface area contributed by atoms with Crippen LogP contribution in [0.3, 0.4) is 0 Å². The third kappa shape index (κ3) is 3.25. The molecular weight excluding hydrogens is 172 g/mol. The van der Waals surface area contributed by atoms with Crippen LogP contribution < -0.4 is 4.74 Å². The molecule has 0 spiro atoms. The van der Waals surface area contributed by atoms with Gasteiger partial charge in [-0.05, 0) is 19.4 Å². The van der Waals surface area contributed by atoms with E-state index in [1.165, 1.54) is 12.0 Å². The van der Waals surface area contributed by atoms with E-state index in [-0.39, 0.29) is 0 Å². The van der Waals surface area contributed by atoms with Crippen molar-refractivity contribution >= 4 is 6.08 Å². The van der Waals surface area contributed by atoms with Gasteiger partial charge in [0.25, 0.3) is 0 Å². The Kier molecular flexibility index (Phi) is 4.84. The molecule has 0 aliphatic carbocycles. The third-order valence-corrected chi connectivity index (χ3v) is 1.97. The van der Waals surface area contributed by atoms with E-state index in [4.69, 9.17) is 4.74 Å². The molecule has 0 unspecified atom stereocenters. The van der Waals surface area contributed by atoms with Crippen molar-refractivity contribution in [3.05, 3.63) is 35.9 Å². The summed E-state index contributed by atoms with van der Waals surface area (Å²) < 4.78 is 5.52. The molecule has 0 radical (unpaired) electrons. The Morgan fingerprint density at radius 1 is 1.21 bits per heavy atom. The van der Waals surface area contributed by atoms with Crippen molar-refractivity contribution in [2.45, 2.75) is 26.7 Å². The second-order valence-corrected chi connectivity index (χ2v) is 3.16. The first-order valence-electron chi connectivity index (χ1n) is 5.26. The maximum Gasteiger partial charge on any atom is 0.126 e. The lowest BCUT2D eigenvalue weighted by Crippen LogP contribution is -1.92. The molecule has 0 aromatic heterocycles. The lowest BCUT2D eigenvalue weighted by Gasteiger charge is -2.05. The monoisotopic (exact) mass is 190 g/mol. The number of ether oxygens (including phenoxy) is 1. The summed E-state index contributed by atoms with van der Waals surface area (Å²) in [5.74, 6) is 0.974. The average Bonchev–Trinajstić information content (AvgIpc) is 2.21. The predicted molar refractivity (Wildman–Crippen MR) is 61.6 cm³/mol. The van der Waals surface area contributed by atoms with Crippen LogP contribution in [0.1, 0.15) is 32.3 Å². The fourth-order valence-electron chi connectivity index (χ4n) is 1.28. The fourth-order valence-corrected chi connectivity index (χ4v) is 1.28. The average molecular weight is 190 g/mol. The molecule has 0 amide bonds. The highest BCUT2D eigenvalue weighted by Crippen LogP contribution is 2.19. The van der Waals surface area contributed by atoms with Gasteiger partial charge in [0.1, 0.15) is 5.75 Å². The highest BCUT2D eigenvalue weighted by molar-refractivity contribution is 5.56. The molecule has 0 fully saturated rings. The van der Waals surface area contributed by atoms with Gasteiger partial charge in [-0.3, -0.25) is 0 Å². The summed E-state index contributed by atoms with van der Waals surface area (Å²) >= 11 is 0. The normalized spacial score (nSPS) is 10.7. The van der Waals surface area contributed by atoms with Gasteiger partial charge in [0.15, 0.2) is 0 Å². The minimum Gasteiger partial charge on any atom is -0.493 e. The van der Waals surface area contributed by atoms with Gasteiger partial charge in [0.05, 0.1) is 6.61 Å². The number of benzene rings is 1. The molecule has 0 N–H and O–H groups in total. The maximum atomic E-state index is 5.52. The van der Waals surface area contributed by atoms with Gasteiger partial charge in [0, 0.05) is 5.56 Å². The van der Waals surface area contributed by atoms with Crippen LogP contribution in [0, 0.1) is 0 Å². The Bertz CT molecular complexity index is 289. The summed E-state index contributed by atoms with van der Waals surface area (Å²) in [4.78, 5) is 0. The third-order valence-electron chi connectivity index (χ3n) is 1.97. The van der Waals surface area contributed by atoms with Gasteiger partial charge in [-0.15, -0.1) is 0 Å². The minimum absolute atomic E-state index is 0.721. The summed E-state index contributed by atoms with van der Waals surface area (Å²) in [6, 6.07) is 8.13. The molecule has 76 valence electrons. The lowest BCUT2D eigenvalue weighted by molar-refractivity contribution is 0.339. The summed E-state index contributed by atoms with van der Waals surface area (Å²) in [7, 11) is 0. The van der Waals surface area contributed by atoms with Crippen LogP contribution in [0.25, 0.3) is 6.08 Å². The van der Waals surface area contributed by atoms with Crippen LogP contribution >= 0.6 is 0 Å². The van der Waals surface area contributed by atoms with Crippen molar-refractivity contribution in [3.8, 4) is 5.75 Å². The zero-order valence-corrected chi connectivity index (χ0v) is 8.99. The summed E-state index contributed by atoms with van der Waals surface area (Å²) in [5.41, 5.74) is 1.17. The molecule has 14 heavy (non-hydrogen) atoms. The Morgan fingerprint density at radius 2 is 2.00 bits per heavy atom. The molecule has 1 nitrogen and oxygen atoms in total. The number of para-hydroxylation sites is 1. The van der Waals surface area contributed by atoms with E-state index in [9.17, 15) is 0 Å². The Labute approximate surface area is 86.4 Å². The van der Waals surface area contributed by atoms with Gasteiger partial charge >= 0.3 is 0 Å². The maximum absolute atomic E-state index is 5.52. The van der Waals surface area contributed by atoms with Crippen molar-refractivity contribution in [2.24, 2.45) is 0 Å². The second kappa shape index (κ2) is 6.25. The van der Waals surface area contributed by atoms with E-state index in [1.54, 1.807) is 0 Å². The Hall–Kier alpha value is -1.24. The Morgan fingerprint density at radius 3 is 2.71 bits per heavy atom. The summed E-state index contributed by atoms with van der Waals surface area (Å²) in [6.07, 6.45) is 6.64. The van der Waals surface area contributed by atoms with E-state index in [0.717, 1.165) is 18.8 Å². The number of rotatable bonds is 5. The van der Waals surface area contributed by atoms with Gasteiger partial charge in [-0.25, -0.2) is 0 Å². The number of unbranched alkanes of at least 4 members (excludes halogenated alkanes) is 1. The quantitative estimate of drug-likeness (QED) is 0.684. The van der Waals surface area contributed by atoms with Gasteiger partial charge in [-0.2, -0.15) is 0 Å². The van der Waals surface area contributed by atoms with Crippen molar-refractivity contribution in [1.82, 2.24) is 0 Å². The van der Waals surface area contributed by atoms with Gasteiger partial charge in [-0.1, -0.05) is 43.7 Å². The minimum atomic E-state index is 0.721. The molecule has 0 atom stereocenters. The molecule has 0 heterocycles. The number of allylic oxidation sites excluding steroid dienone is 1. The van der Waals surface area contributed by atoms with Gasteiger partial charge < -0.3 is 4.74 Å². The van der Waals surface area contributed by atoms with Crippen LogP contribution in [0.15, 0.2) is 30.3 Å². The first-order valence-corrected chi connectivity index (χ1v) is 5.26. The van der Waals surface area contributed by atoms with E-state index in [2.05, 4.69) is 25.1 Å². The van der Waals surface area contributed by atoms with Crippen LogP contribution in [-0.2, 0) is 0 Å². The molecule has 1 aromatic carbocycles. The molecule has 0 aliphatic heterocycles. The topological polar surface area (TPSA) is 9.23 Å². The van der Waals surface area contributed by atoms with E-state index in [0.29, 0.717) is 0 Å². The molecule has 1 aromatic rings. The predicted octanol–water partition coefficient (Wildman–Crippen LogP) is 3.90. The number of hydrogen-bond acceptors (Lipinski definition) is 1. The summed E-state index contributed by atoms with van der Waals surface area (Å²) in [5, 5.41) is 0. The van der Waals surface area contributed by atoms with Crippen molar-refractivity contribution in [2.75, 3.05) is 6.61 Å². The van der Waals surface area contributed by atoms with E-state index < -0.39 is 0 Å². The summed E-state index contributed by atoms with van der Waals surface area (Å²) in [6.45, 7) is 4.91. The Balaban J connectivity index is 2.73. The fraction of sp³-hybridized carbons (Fsp3) is 0.385. The first kappa shape index (κ1) is 10.8. The van der Waals surface area contributed by atoms with Crippen LogP contribution in [0.4, 0.5) is 0 Å². The standard InChI is InChI=1S/C13H18O/c1-3-5-6-9-12-10-7-8-11-13(12)14-4-2/h6-11H,3-5H2,1-2H3/b9-6+. The highest BCUT2D eigenvalue weighted by atomic mass is 16.5. The van der Waals surface area contributed by atoms with Crippen LogP contribution in [0.2, 0.25) is 0 Å². The molecule has 0 saturated carbocycles. The van der Waals surface area contributed by atoms with E-state index in [1.807, 2.05) is 25.1 Å². The SMILES string of the molecule is CCC/C=C/c1ccccc1OCC. The first-order chi connectivity index (χ1) is 6.88. The van der Waals surface area contributed by atoms with E-state index >= 15 is 0 Å². The van der Waals surface area contributed by atoms with Gasteiger partial charge in [0.2, 0.25) is 0 Å². The molecule has 0 bridgehead atoms. The molecule has 0 aliphatic rings. The van der Waals surface area contributed by atoms with Crippen molar-refractivity contribution in [1.29, 1.82) is 0 Å². The smallest absolute Gasteiger partial charge is 0.126 e. The van der Waals surface area contributed by atoms with Crippen LogP contribution in [-0.4, -0.2) is 6.61 Å². The second-order valence-electron chi connectivity index (χ2n) is 3.16. The lowest BCUT2D eigenvalue weighted by atomic mass is 10.1. The molecular formula is C13H18O. The number of hydrogen-bond donors (Lipinski definition) is 0. The zero-order chi connectivity index (χ0) is 10.2. The zero-order valence-electron chi connectivity index (χ0n) is 8.99. The van der Waals surface area contributed by atoms with Crippen LogP contribution in [0.5, 0.6) is 5.75 Å². The molecule has 1 rings (SSSR count). The van der Waals surface area contributed by atoms with Crippen molar-refractivity contribution < 1.29 is 4.74 Å². The highest BCUT2D eigenvalue weighted by Gasteiger charge is 1.96. The van der Waals surface area contributed by atoms with Crippen molar-refractivity contribution in [3.63, 3.8) is 0 Å². The largest absolute Gasteiger partial charge is 0.493 e.